The van der Waals surface area contributed by atoms with Crippen molar-refractivity contribution in [3.63, 3.8) is 0 Å². The summed E-state index contributed by atoms with van der Waals surface area (Å²) in [7, 11) is 0. The van der Waals surface area contributed by atoms with E-state index in [9.17, 15) is 9.90 Å². The first-order chi connectivity index (χ1) is 9.21. The highest BCUT2D eigenvalue weighted by Crippen LogP contribution is 2.30. The van der Waals surface area contributed by atoms with Gasteiger partial charge in [0, 0.05) is 17.4 Å². The molecule has 1 rings (SSSR count). The zero-order valence-electron chi connectivity index (χ0n) is 11.8. The second kappa shape index (κ2) is 6.55. The second-order valence-corrected chi connectivity index (χ2v) is 6.55. The van der Waals surface area contributed by atoms with Gasteiger partial charge in [0.1, 0.15) is 0 Å². The molecule has 0 spiro atoms. The number of benzene rings is 1. The van der Waals surface area contributed by atoms with Crippen LogP contribution in [0, 0.1) is 10.1 Å². The molecule has 0 aliphatic rings. The van der Waals surface area contributed by atoms with Crippen LogP contribution in [-0.2, 0) is 14.9 Å². The van der Waals surface area contributed by atoms with E-state index in [0.29, 0.717) is 6.42 Å². The van der Waals surface area contributed by atoms with Crippen LogP contribution in [0.5, 0.6) is 0 Å². The summed E-state index contributed by atoms with van der Waals surface area (Å²) in [5.41, 5.74) is -1.18. The van der Waals surface area contributed by atoms with Crippen molar-refractivity contribution in [1.82, 2.24) is 0 Å². The Morgan fingerprint density at radius 3 is 2.60 bits per heavy atom. The summed E-state index contributed by atoms with van der Waals surface area (Å²) in [6.45, 7) is 12.3. The van der Waals surface area contributed by atoms with Gasteiger partial charge in [-0.3, -0.25) is 9.64 Å². The van der Waals surface area contributed by atoms with Crippen LogP contribution in [0.1, 0.15) is 32.8 Å². The summed E-state index contributed by atoms with van der Waals surface area (Å²) in [6, 6.07) is 7.46. The van der Waals surface area contributed by atoms with E-state index in [0.717, 1.165) is 9.13 Å². The number of hydrogen-bond donors (Lipinski definition) is 1. The molecule has 0 amide bonds. The molecule has 0 aromatic heterocycles. The van der Waals surface area contributed by atoms with Crippen molar-refractivity contribution in [2.45, 2.75) is 38.3 Å². The monoisotopic (exact) mass is 387 g/mol. The van der Waals surface area contributed by atoms with Gasteiger partial charge in [-0.25, -0.2) is 6.57 Å². The highest BCUT2D eigenvalue weighted by Gasteiger charge is 2.36. The van der Waals surface area contributed by atoms with E-state index in [1.807, 2.05) is 24.3 Å². The maximum atomic E-state index is 11.6. The molecule has 0 bridgehead atoms. The molecular weight excluding hydrogens is 369 g/mol. The summed E-state index contributed by atoms with van der Waals surface area (Å²) in [4.78, 5) is 15.0. The van der Waals surface area contributed by atoms with E-state index < -0.39 is 17.1 Å². The summed E-state index contributed by atoms with van der Waals surface area (Å²) < 4.78 is 6.45. The van der Waals surface area contributed by atoms with Crippen LogP contribution >= 0.6 is 22.6 Å². The number of nitrogens with zero attached hydrogens (tertiary/aromatic N) is 1. The molecule has 20 heavy (non-hydrogen) atoms. The van der Waals surface area contributed by atoms with E-state index in [1.54, 1.807) is 20.8 Å². The average molecular weight is 387 g/mol. The molecule has 108 valence electrons. The fourth-order valence-corrected chi connectivity index (χ4v) is 2.29. The third-order valence-electron chi connectivity index (χ3n) is 3.26. The lowest BCUT2D eigenvalue weighted by molar-refractivity contribution is -0.144. The van der Waals surface area contributed by atoms with Crippen LogP contribution in [0.15, 0.2) is 24.3 Å². The molecule has 1 aromatic carbocycles. The fourth-order valence-electron chi connectivity index (χ4n) is 1.74. The Kier molecular flexibility index (Phi) is 5.54. The Morgan fingerprint density at radius 1 is 1.45 bits per heavy atom. The summed E-state index contributed by atoms with van der Waals surface area (Å²) >= 11 is 2.16. The van der Waals surface area contributed by atoms with Crippen LogP contribution in [-0.4, -0.2) is 23.4 Å². The van der Waals surface area contributed by atoms with E-state index in [-0.39, 0.29) is 6.61 Å². The lowest BCUT2D eigenvalue weighted by Crippen LogP contribution is -2.35. The normalized spacial score (nSPS) is 14.3. The number of hydrogen-bond acceptors (Lipinski definition) is 2. The molecule has 5 heteroatoms. The van der Waals surface area contributed by atoms with Gasteiger partial charge in [0.15, 0.2) is 0 Å². The van der Waals surface area contributed by atoms with E-state index in [2.05, 4.69) is 27.4 Å². The van der Waals surface area contributed by atoms with Gasteiger partial charge in [-0.05, 0) is 53.6 Å². The Hall–Kier alpha value is -1.13. The minimum atomic E-state index is -1.01. The van der Waals surface area contributed by atoms with Crippen LogP contribution in [0.2, 0.25) is 0 Å². The van der Waals surface area contributed by atoms with Crippen LogP contribution in [0.3, 0.4) is 0 Å². The van der Waals surface area contributed by atoms with Crippen molar-refractivity contribution in [2.75, 3.05) is 6.61 Å². The minimum absolute atomic E-state index is 0.226. The third kappa shape index (κ3) is 4.18. The molecule has 0 heterocycles. The predicted molar refractivity (Wildman–Crippen MR) is 85.4 cm³/mol. The molecule has 0 aliphatic carbocycles. The van der Waals surface area contributed by atoms with Crippen molar-refractivity contribution >= 4 is 28.6 Å². The minimum Gasteiger partial charge on any atom is -0.481 e. The average Bonchev–Trinajstić information content (AvgIpc) is 2.38. The zero-order valence-corrected chi connectivity index (χ0v) is 14.0. The quantitative estimate of drug-likeness (QED) is 0.598. The molecule has 0 saturated carbocycles. The van der Waals surface area contributed by atoms with E-state index >= 15 is 0 Å². The topological polar surface area (TPSA) is 50.9 Å². The second-order valence-electron chi connectivity index (χ2n) is 5.30. The molecule has 1 atom stereocenters. The van der Waals surface area contributed by atoms with Crippen molar-refractivity contribution in [3.8, 4) is 0 Å². The number of rotatable bonds is 6. The smallest absolute Gasteiger partial charge is 0.331 e. The maximum Gasteiger partial charge on any atom is 0.331 e. The van der Waals surface area contributed by atoms with Gasteiger partial charge in [0.2, 0.25) is 0 Å². The van der Waals surface area contributed by atoms with Gasteiger partial charge >= 0.3 is 11.7 Å². The first-order valence-electron chi connectivity index (χ1n) is 6.23. The van der Waals surface area contributed by atoms with Gasteiger partial charge in [0.25, 0.3) is 0 Å². The summed E-state index contributed by atoms with van der Waals surface area (Å²) in [6.07, 6.45) is 0.321. The summed E-state index contributed by atoms with van der Waals surface area (Å²) in [5, 5.41) is 9.54. The highest BCUT2D eigenvalue weighted by molar-refractivity contribution is 14.1. The molecule has 0 aliphatic heterocycles. The van der Waals surface area contributed by atoms with Gasteiger partial charge in [-0.15, -0.1) is 0 Å². The van der Waals surface area contributed by atoms with E-state index in [4.69, 9.17) is 11.3 Å². The van der Waals surface area contributed by atoms with Crippen LogP contribution < -0.4 is 0 Å². The number of carboxylic acid groups (broad SMARTS) is 1. The number of halogens is 1. The van der Waals surface area contributed by atoms with Crippen molar-refractivity contribution in [2.24, 2.45) is 0 Å². The van der Waals surface area contributed by atoms with Gasteiger partial charge < -0.3 is 9.84 Å². The molecular formula is C15H18INO3. The van der Waals surface area contributed by atoms with Gasteiger partial charge in [-0.2, -0.15) is 0 Å². The number of carbonyl (C=O) groups is 1. The lowest BCUT2D eigenvalue weighted by atomic mass is 9.80. The highest BCUT2D eigenvalue weighted by atomic mass is 127. The molecule has 0 radical (unpaired) electrons. The molecule has 0 fully saturated rings. The first kappa shape index (κ1) is 16.9. The first-order valence-corrected chi connectivity index (χ1v) is 7.31. The Bertz CT molecular complexity index is 536. The van der Waals surface area contributed by atoms with Gasteiger partial charge in [0.05, 0.1) is 12.0 Å². The SMILES string of the molecule is [C-]#[N+]C(C)(C)OCCC(C)(C(=O)O)c1cccc(I)c1. The zero-order chi connectivity index (χ0) is 15.4. The molecule has 1 N–H and O–H groups in total. The third-order valence-corrected chi connectivity index (χ3v) is 3.93. The Balaban J connectivity index is 2.89. The Morgan fingerprint density at radius 2 is 2.10 bits per heavy atom. The molecule has 0 saturated heterocycles. The summed E-state index contributed by atoms with van der Waals surface area (Å²) in [5.74, 6) is -0.885. The van der Waals surface area contributed by atoms with Crippen molar-refractivity contribution in [1.29, 1.82) is 0 Å². The van der Waals surface area contributed by atoms with Gasteiger partial charge in [-0.1, -0.05) is 12.1 Å². The molecule has 1 unspecified atom stereocenters. The fraction of sp³-hybridized carbons (Fsp3) is 0.467. The number of aliphatic carboxylic acids is 1. The predicted octanol–water partition coefficient (Wildman–Crippen LogP) is 3.70. The van der Waals surface area contributed by atoms with Crippen LogP contribution in [0.4, 0.5) is 0 Å². The number of ether oxygens (including phenoxy) is 1. The lowest BCUT2D eigenvalue weighted by Gasteiger charge is -2.26. The molecule has 1 aromatic rings. The maximum absolute atomic E-state index is 11.6. The standard InChI is InChI=1S/C15H18INO3/c1-14(2,17-4)20-9-8-15(3,13(18)19)11-6-5-7-12(16)10-11/h5-7,10H,8-9H2,1-3H3,(H,18,19). The van der Waals surface area contributed by atoms with Crippen LogP contribution in [0.25, 0.3) is 4.85 Å². The molecule has 4 nitrogen and oxygen atoms in total. The van der Waals surface area contributed by atoms with Crippen molar-refractivity contribution < 1.29 is 14.6 Å². The largest absolute Gasteiger partial charge is 0.481 e. The number of carboxylic acids is 1. The Labute approximate surface area is 133 Å². The van der Waals surface area contributed by atoms with E-state index in [1.165, 1.54) is 0 Å². The van der Waals surface area contributed by atoms with Crippen molar-refractivity contribution in [3.05, 3.63) is 44.8 Å².